The third-order valence-electron chi connectivity index (χ3n) is 3.52. The van der Waals surface area contributed by atoms with Crippen LogP contribution in [0.4, 0.5) is 0 Å². The van der Waals surface area contributed by atoms with Crippen molar-refractivity contribution in [2.75, 3.05) is 6.54 Å². The maximum Gasteiger partial charge on any atom is 0.129 e. The summed E-state index contributed by atoms with van der Waals surface area (Å²) in [5, 5.41) is 0.557. The number of nitrogens with one attached hydrogen (secondary N) is 1. The van der Waals surface area contributed by atoms with Crippen LogP contribution in [0.15, 0.2) is 36.7 Å². The van der Waals surface area contributed by atoms with Crippen molar-refractivity contribution in [1.82, 2.24) is 14.9 Å². The number of hydrogen-bond donors (Lipinski definition) is 1. The highest BCUT2D eigenvalue weighted by Crippen LogP contribution is 2.32. The normalized spacial score (nSPS) is 20.4. The zero-order valence-electron chi connectivity index (χ0n) is 10.1. The van der Waals surface area contributed by atoms with Gasteiger partial charge in [-0.3, -0.25) is 4.90 Å². The molecule has 2 aromatic heterocycles. The van der Waals surface area contributed by atoms with Gasteiger partial charge in [-0.05, 0) is 43.1 Å². The Morgan fingerprint density at radius 2 is 2.33 bits per heavy atom. The SMILES string of the molecule is Clc1ccc(CN2CCC[C@@H]2c2ccc[nH]2)cn1. The maximum absolute atomic E-state index is 5.81. The van der Waals surface area contributed by atoms with E-state index >= 15 is 0 Å². The van der Waals surface area contributed by atoms with E-state index < -0.39 is 0 Å². The van der Waals surface area contributed by atoms with Crippen LogP contribution in [0.3, 0.4) is 0 Å². The summed E-state index contributed by atoms with van der Waals surface area (Å²) in [6, 6.07) is 8.66. The number of aromatic amines is 1. The highest BCUT2D eigenvalue weighted by molar-refractivity contribution is 6.29. The van der Waals surface area contributed by atoms with E-state index in [1.54, 1.807) is 0 Å². The Morgan fingerprint density at radius 3 is 3.06 bits per heavy atom. The quantitative estimate of drug-likeness (QED) is 0.859. The molecule has 0 spiro atoms. The van der Waals surface area contributed by atoms with Crippen molar-refractivity contribution in [2.24, 2.45) is 0 Å². The molecule has 0 unspecified atom stereocenters. The van der Waals surface area contributed by atoms with E-state index in [9.17, 15) is 0 Å². The molecule has 18 heavy (non-hydrogen) atoms. The summed E-state index contributed by atoms with van der Waals surface area (Å²) in [6.07, 6.45) is 6.34. The average Bonchev–Trinajstić information content (AvgIpc) is 3.02. The number of rotatable bonds is 3. The van der Waals surface area contributed by atoms with Crippen LogP contribution < -0.4 is 0 Å². The zero-order valence-corrected chi connectivity index (χ0v) is 10.9. The van der Waals surface area contributed by atoms with E-state index in [4.69, 9.17) is 11.6 Å². The molecule has 0 radical (unpaired) electrons. The second kappa shape index (κ2) is 5.12. The summed E-state index contributed by atoms with van der Waals surface area (Å²) < 4.78 is 0. The minimum atomic E-state index is 0.510. The van der Waals surface area contributed by atoms with Crippen LogP contribution >= 0.6 is 11.6 Å². The van der Waals surface area contributed by atoms with Gasteiger partial charge in [0, 0.05) is 24.6 Å². The van der Waals surface area contributed by atoms with E-state index in [1.807, 2.05) is 18.5 Å². The smallest absolute Gasteiger partial charge is 0.129 e. The summed E-state index contributed by atoms with van der Waals surface area (Å²) in [5.41, 5.74) is 2.53. The minimum absolute atomic E-state index is 0.510. The van der Waals surface area contributed by atoms with Gasteiger partial charge in [-0.2, -0.15) is 0 Å². The molecule has 3 rings (SSSR count). The second-order valence-electron chi connectivity index (χ2n) is 4.74. The standard InChI is InChI=1S/C14H16ClN3/c15-14-6-5-11(9-17-14)10-18-8-2-4-13(18)12-3-1-7-16-12/h1,3,5-7,9,13,16H,2,4,8,10H2/t13-/m1/s1. The largest absolute Gasteiger partial charge is 0.364 e. The average molecular weight is 262 g/mol. The molecule has 0 bridgehead atoms. The van der Waals surface area contributed by atoms with Crippen LogP contribution in [0.2, 0.25) is 5.15 Å². The maximum atomic E-state index is 5.81. The van der Waals surface area contributed by atoms with Gasteiger partial charge in [0.25, 0.3) is 0 Å². The Morgan fingerprint density at radius 1 is 1.39 bits per heavy atom. The number of likely N-dealkylation sites (tertiary alicyclic amines) is 1. The Hall–Kier alpha value is -1.32. The van der Waals surface area contributed by atoms with Crippen LogP contribution in [0.1, 0.15) is 30.1 Å². The summed E-state index contributed by atoms with van der Waals surface area (Å²) >= 11 is 5.81. The van der Waals surface area contributed by atoms with Gasteiger partial charge in [-0.15, -0.1) is 0 Å². The van der Waals surface area contributed by atoms with Gasteiger partial charge in [-0.25, -0.2) is 4.98 Å². The lowest BCUT2D eigenvalue weighted by Crippen LogP contribution is -2.23. The van der Waals surface area contributed by atoms with Gasteiger partial charge in [0.05, 0.1) is 6.04 Å². The molecule has 1 aliphatic rings. The highest BCUT2D eigenvalue weighted by Gasteiger charge is 2.26. The van der Waals surface area contributed by atoms with Crippen LogP contribution in [0.25, 0.3) is 0 Å². The lowest BCUT2D eigenvalue weighted by molar-refractivity contribution is 0.245. The van der Waals surface area contributed by atoms with E-state index in [1.165, 1.54) is 24.1 Å². The highest BCUT2D eigenvalue weighted by atomic mass is 35.5. The lowest BCUT2D eigenvalue weighted by atomic mass is 10.1. The van der Waals surface area contributed by atoms with Crippen molar-refractivity contribution < 1.29 is 0 Å². The predicted molar refractivity (Wildman–Crippen MR) is 72.4 cm³/mol. The molecular formula is C14H16ClN3. The molecular weight excluding hydrogens is 246 g/mol. The van der Waals surface area contributed by atoms with Gasteiger partial charge < -0.3 is 4.98 Å². The van der Waals surface area contributed by atoms with Crippen LogP contribution in [0.5, 0.6) is 0 Å². The Balaban J connectivity index is 1.73. The third-order valence-corrected chi connectivity index (χ3v) is 3.74. The molecule has 0 aromatic carbocycles. The Bertz CT molecular complexity index is 492. The first-order valence-electron chi connectivity index (χ1n) is 6.31. The summed E-state index contributed by atoms with van der Waals surface area (Å²) in [5.74, 6) is 0. The first-order valence-corrected chi connectivity index (χ1v) is 6.68. The second-order valence-corrected chi connectivity index (χ2v) is 5.13. The van der Waals surface area contributed by atoms with Crippen LogP contribution in [0, 0.1) is 0 Å². The van der Waals surface area contributed by atoms with Crippen molar-refractivity contribution in [2.45, 2.75) is 25.4 Å². The predicted octanol–water partition coefficient (Wildman–Crippen LogP) is 3.40. The molecule has 94 valence electrons. The molecule has 4 heteroatoms. The Kier molecular flexibility index (Phi) is 3.35. The molecule has 0 saturated carbocycles. The molecule has 1 saturated heterocycles. The van der Waals surface area contributed by atoms with E-state index in [0.717, 1.165) is 13.1 Å². The summed E-state index contributed by atoms with van der Waals surface area (Å²) in [6.45, 7) is 2.08. The molecule has 1 N–H and O–H groups in total. The molecule has 0 aliphatic carbocycles. The van der Waals surface area contributed by atoms with E-state index in [2.05, 4.69) is 33.1 Å². The molecule has 3 nitrogen and oxygen atoms in total. The fraction of sp³-hybridized carbons (Fsp3) is 0.357. The van der Waals surface area contributed by atoms with Crippen molar-refractivity contribution >= 4 is 11.6 Å². The first-order chi connectivity index (χ1) is 8.83. The molecule has 0 amide bonds. The van der Waals surface area contributed by atoms with E-state index in [-0.39, 0.29) is 0 Å². The number of hydrogen-bond acceptors (Lipinski definition) is 2. The van der Waals surface area contributed by atoms with Gasteiger partial charge >= 0.3 is 0 Å². The van der Waals surface area contributed by atoms with Gasteiger partial charge in [0.1, 0.15) is 5.15 Å². The van der Waals surface area contributed by atoms with E-state index in [0.29, 0.717) is 11.2 Å². The number of H-pyrrole nitrogens is 1. The van der Waals surface area contributed by atoms with Gasteiger partial charge in [-0.1, -0.05) is 17.7 Å². The number of nitrogens with zero attached hydrogens (tertiary/aromatic N) is 2. The minimum Gasteiger partial charge on any atom is -0.364 e. The monoisotopic (exact) mass is 261 g/mol. The number of halogens is 1. The zero-order chi connectivity index (χ0) is 12.4. The molecule has 3 heterocycles. The fourth-order valence-corrected chi connectivity index (χ4v) is 2.77. The fourth-order valence-electron chi connectivity index (χ4n) is 2.65. The third kappa shape index (κ3) is 2.42. The van der Waals surface area contributed by atoms with Crippen LogP contribution in [-0.4, -0.2) is 21.4 Å². The topological polar surface area (TPSA) is 31.9 Å². The van der Waals surface area contributed by atoms with Crippen molar-refractivity contribution in [1.29, 1.82) is 0 Å². The summed E-state index contributed by atoms with van der Waals surface area (Å²) in [4.78, 5) is 9.96. The Labute approximate surface area is 112 Å². The first kappa shape index (κ1) is 11.8. The van der Waals surface area contributed by atoms with Crippen molar-refractivity contribution in [3.63, 3.8) is 0 Å². The molecule has 1 aliphatic heterocycles. The van der Waals surface area contributed by atoms with Crippen molar-refractivity contribution in [3.05, 3.63) is 53.1 Å². The lowest BCUT2D eigenvalue weighted by Gasteiger charge is -2.23. The molecule has 2 aromatic rings. The van der Waals surface area contributed by atoms with Crippen molar-refractivity contribution in [3.8, 4) is 0 Å². The molecule has 1 fully saturated rings. The molecule has 1 atom stereocenters. The number of pyridine rings is 1. The van der Waals surface area contributed by atoms with Gasteiger partial charge in [0.2, 0.25) is 0 Å². The van der Waals surface area contributed by atoms with Crippen LogP contribution in [-0.2, 0) is 6.54 Å². The summed E-state index contributed by atoms with van der Waals surface area (Å²) in [7, 11) is 0. The van der Waals surface area contributed by atoms with Gasteiger partial charge in [0.15, 0.2) is 0 Å². The number of aromatic nitrogens is 2.